The Morgan fingerprint density at radius 2 is 1.62 bits per heavy atom. The van der Waals surface area contributed by atoms with Gasteiger partial charge in [0.1, 0.15) is 0 Å². The number of amides is 2. The molecule has 0 N–H and O–H groups in total. The lowest BCUT2D eigenvalue weighted by molar-refractivity contribution is 0.0458. The molecule has 134 valence electrons. The Bertz CT molecular complexity index is 883. The number of ether oxygens (including phenoxy) is 1. The fourth-order valence-electron chi connectivity index (χ4n) is 2.57. The fourth-order valence-corrected chi connectivity index (χ4v) is 2.89. The summed E-state index contributed by atoms with van der Waals surface area (Å²) in [4.78, 5) is 38.4. The van der Waals surface area contributed by atoms with Crippen LogP contribution in [0.25, 0.3) is 0 Å². The molecule has 0 bridgehead atoms. The Balaban J connectivity index is 1.93. The molecule has 7 heteroatoms. The Morgan fingerprint density at radius 1 is 1.04 bits per heavy atom. The van der Waals surface area contributed by atoms with Gasteiger partial charge < -0.3 is 4.74 Å². The number of halogens is 2. The van der Waals surface area contributed by atoms with E-state index in [0.29, 0.717) is 0 Å². The van der Waals surface area contributed by atoms with Gasteiger partial charge in [-0.1, -0.05) is 43.1 Å². The van der Waals surface area contributed by atoms with Crippen molar-refractivity contribution in [2.45, 2.75) is 13.8 Å². The van der Waals surface area contributed by atoms with Crippen molar-refractivity contribution in [2.24, 2.45) is 5.92 Å². The average molecular weight is 392 g/mol. The molecule has 0 radical (unpaired) electrons. The summed E-state index contributed by atoms with van der Waals surface area (Å²) in [5.41, 5.74) is 0.896. The molecule has 0 atom stereocenters. The minimum absolute atomic E-state index is 0.178. The minimum Gasteiger partial charge on any atom is -0.462 e. The van der Waals surface area contributed by atoms with Gasteiger partial charge in [0.15, 0.2) is 0 Å². The van der Waals surface area contributed by atoms with Crippen LogP contribution in [0.3, 0.4) is 0 Å². The quantitative estimate of drug-likeness (QED) is 0.563. The van der Waals surface area contributed by atoms with Crippen LogP contribution in [0.15, 0.2) is 36.4 Å². The summed E-state index contributed by atoms with van der Waals surface area (Å²) < 4.78 is 5.19. The van der Waals surface area contributed by atoms with Gasteiger partial charge in [0.2, 0.25) is 0 Å². The van der Waals surface area contributed by atoms with E-state index in [9.17, 15) is 14.4 Å². The first-order valence-corrected chi connectivity index (χ1v) is 8.70. The van der Waals surface area contributed by atoms with Crippen molar-refractivity contribution in [1.82, 2.24) is 0 Å². The number of carbonyl (C=O) groups is 3. The standard InChI is InChI=1S/C19H15Cl2NO4/c1-10(2)9-26-19(25)11-4-3-5-12(6-11)22-17(23)13-7-15(20)16(21)8-14(13)18(22)24/h3-8,10H,9H2,1-2H3. The third-order valence-corrected chi connectivity index (χ3v) is 4.54. The van der Waals surface area contributed by atoms with Crippen LogP contribution in [0.4, 0.5) is 5.69 Å². The van der Waals surface area contributed by atoms with Crippen LogP contribution in [-0.4, -0.2) is 24.4 Å². The summed E-state index contributed by atoms with van der Waals surface area (Å²) in [7, 11) is 0. The van der Waals surface area contributed by atoms with Crippen molar-refractivity contribution in [2.75, 3.05) is 11.5 Å². The molecule has 3 rings (SSSR count). The maximum atomic E-state index is 12.7. The first-order valence-electron chi connectivity index (χ1n) is 7.94. The predicted molar refractivity (Wildman–Crippen MR) is 99.2 cm³/mol. The molecule has 0 saturated carbocycles. The predicted octanol–water partition coefficient (Wildman–Crippen LogP) is 4.61. The molecule has 5 nitrogen and oxygen atoms in total. The molecule has 2 aromatic carbocycles. The van der Waals surface area contributed by atoms with Gasteiger partial charge in [-0.2, -0.15) is 0 Å². The minimum atomic E-state index is -0.517. The van der Waals surface area contributed by atoms with Crippen molar-refractivity contribution in [1.29, 1.82) is 0 Å². The Morgan fingerprint density at radius 3 is 2.15 bits per heavy atom. The summed E-state index contributed by atoms with van der Waals surface area (Å²) >= 11 is 11.9. The zero-order chi connectivity index (χ0) is 19.0. The third-order valence-electron chi connectivity index (χ3n) is 3.82. The molecule has 2 amide bonds. The third kappa shape index (κ3) is 3.32. The van der Waals surface area contributed by atoms with E-state index in [1.807, 2.05) is 13.8 Å². The Hall–Kier alpha value is -2.37. The normalized spacial score (nSPS) is 13.3. The summed E-state index contributed by atoms with van der Waals surface area (Å²) in [5, 5.41) is 0.388. The molecular weight excluding hydrogens is 377 g/mol. The van der Waals surface area contributed by atoms with E-state index < -0.39 is 17.8 Å². The number of rotatable bonds is 4. The van der Waals surface area contributed by atoms with Gasteiger partial charge in [0.05, 0.1) is 39.0 Å². The second-order valence-corrected chi connectivity index (χ2v) is 7.11. The van der Waals surface area contributed by atoms with Gasteiger partial charge in [-0.25, -0.2) is 9.69 Å². The molecule has 1 aliphatic rings. The van der Waals surface area contributed by atoms with Crippen molar-refractivity contribution in [3.05, 3.63) is 63.1 Å². The van der Waals surface area contributed by atoms with Crippen LogP contribution >= 0.6 is 23.2 Å². The van der Waals surface area contributed by atoms with Gasteiger partial charge >= 0.3 is 5.97 Å². The fraction of sp³-hybridized carbons (Fsp3) is 0.211. The second-order valence-electron chi connectivity index (χ2n) is 6.30. The van der Waals surface area contributed by atoms with E-state index in [-0.39, 0.29) is 44.9 Å². The second kappa shape index (κ2) is 7.09. The molecule has 26 heavy (non-hydrogen) atoms. The topological polar surface area (TPSA) is 63.7 Å². The Kier molecular flexibility index (Phi) is 5.03. The number of carbonyl (C=O) groups excluding carboxylic acids is 3. The number of anilines is 1. The van der Waals surface area contributed by atoms with Crippen molar-refractivity contribution >= 4 is 46.7 Å². The highest BCUT2D eigenvalue weighted by Gasteiger charge is 2.37. The lowest BCUT2D eigenvalue weighted by Crippen LogP contribution is -2.29. The van der Waals surface area contributed by atoms with Crippen LogP contribution in [0.5, 0.6) is 0 Å². The zero-order valence-electron chi connectivity index (χ0n) is 14.1. The molecule has 0 fully saturated rings. The molecular formula is C19H15Cl2NO4. The van der Waals surface area contributed by atoms with E-state index >= 15 is 0 Å². The average Bonchev–Trinajstić information content (AvgIpc) is 2.84. The largest absolute Gasteiger partial charge is 0.462 e. The lowest BCUT2D eigenvalue weighted by atomic mass is 10.1. The summed E-state index contributed by atoms with van der Waals surface area (Å²) in [6.07, 6.45) is 0. The SMILES string of the molecule is CC(C)COC(=O)c1cccc(N2C(=O)c3cc(Cl)c(Cl)cc3C2=O)c1. The highest BCUT2D eigenvalue weighted by atomic mass is 35.5. The van der Waals surface area contributed by atoms with Crippen LogP contribution < -0.4 is 4.90 Å². The molecule has 0 spiro atoms. The van der Waals surface area contributed by atoms with Gasteiger partial charge in [-0.3, -0.25) is 9.59 Å². The van der Waals surface area contributed by atoms with Crippen LogP contribution in [0, 0.1) is 5.92 Å². The summed E-state index contributed by atoms with van der Waals surface area (Å²) in [6.45, 7) is 4.14. The smallest absolute Gasteiger partial charge is 0.338 e. The molecule has 0 saturated heterocycles. The zero-order valence-corrected chi connectivity index (χ0v) is 15.6. The molecule has 0 aliphatic carbocycles. The maximum Gasteiger partial charge on any atom is 0.338 e. The van der Waals surface area contributed by atoms with Gasteiger partial charge in [0, 0.05) is 0 Å². The summed E-state index contributed by atoms with van der Waals surface area (Å²) in [6, 6.07) is 8.93. The molecule has 1 aliphatic heterocycles. The number of imide groups is 1. The van der Waals surface area contributed by atoms with Crippen LogP contribution in [0.2, 0.25) is 10.0 Å². The number of fused-ring (bicyclic) bond motifs is 1. The van der Waals surface area contributed by atoms with E-state index in [0.717, 1.165) is 4.90 Å². The molecule has 1 heterocycles. The monoisotopic (exact) mass is 391 g/mol. The van der Waals surface area contributed by atoms with E-state index in [4.69, 9.17) is 27.9 Å². The van der Waals surface area contributed by atoms with E-state index in [1.54, 1.807) is 18.2 Å². The van der Waals surface area contributed by atoms with E-state index in [1.165, 1.54) is 18.2 Å². The summed E-state index contributed by atoms with van der Waals surface area (Å²) in [5.74, 6) is -1.34. The van der Waals surface area contributed by atoms with Crippen molar-refractivity contribution < 1.29 is 19.1 Å². The van der Waals surface area contributed by atoms with Gasteiger partial charge in [-0.15, -0.1) is 0 Å². The first kappa shape index (κ1) is 18.4. The number of nitrogens with zero attached hydrogens (tertiary/aromatic N) is 1. The number of benzene rings is 2. The molecule has 0 unspecified atom stereocenters. The number of hydrogen-bond donors (Lipinski definition) is 0. The van der Waals surface area contributed by atoms with Crippen molar-refractivity contribution in [3.8, 4) is 0 Å². The molecule has 2 aromatic rings. The molecule has 0 aromatic heterocycles. The van der Waals surface area contributed by atoms with Gasteiger partial charge in [-0.05, 0) is 36.2 Å². The highest BCUT2D eigenvalue weighted by molar-refractivity contribution is 6.44. The highest BCUT2D eigenvalue weighted by Crippen LogP contribution is 2.34. The number of hydrogen-bond acceptors (Lipinski definition) is 4. The number of esters is 1. The van der Waals surface area contributed by atoms with E-state index in [2.05, 4.69) is 0 Å². The first-order chi connectivity index (χ1) is 12.3. The van der Waals surface area contributed by atoms with Gasteiger partial charge in [0.25, 0.3) is 11.8 Å². The van der Waals surface area contributed by atoms with Crippen molar-refractivity contribution in [3.63, 3.8) is 0 Å². The van der Waals surface area contributed by atoms with Crippen LogP contribution in [0.1, 0.15) is 44.9 Å². The van der Waals surface area contributed by atoms with Crippen LogP contribution in [-0.2, 0) is 4.74 Å². The lowest BCUT2D eigenvalue weighted by Gasteiger charge is -2.15. The maximum absolute atomic E-state index is 12.7. The Labute approximate surface area is 160 Å².